The van der Waals surface area contributed by atoms with Gasteiger partial charge in [-0.2, -0.15) is 0 Å². The van der Waals surface area contributed by atoms with Gasteiger partial charge >= 0.3 is 5.97 Å². The standard InChI is InChI=1S/C28H38O5/c1-33-28(32)12-8-3-2-7-11-23-24(27(31)19-26(23)30)17-18-25(29)22-15-13-21(14-16-22)20-9-5-4-6-10-20/h4-6,9-10,13-16,23-27,29-31H,2-3,7-8,11-12,17-19H2,1H3/t23-,24-,25?,26+,27-/m1/s1. The molecule has 0 aliphatic heterocycles. The van der Waals surface area contributed by atoms with Gasteiger partial charge in [0.05, 0.1) is 25.4 Å². The van der Waals surface area contributed by atoms with Crippen LogP contribution in [0, 0.1) is 11.8 Å². The summed E-state index contributed by atoms with van der Waals surface area (Å²) in [7, 11) is 1.41. The van der Waals surface area contributed by atoms with Crippen LogP contribution in [0.5, 0.6) is 0 Å². The molecule has 0 amide bonds. The van der Waals surface area contributed by atoms with Gasteiger partial charge in [0.25, 0.3) is 0 Å². The Morgan fingerprint density at radius 1 is 0.879 bits per heavy atom. The molecule has 3 N–H and O–H groups in total. The smallest absolute Gasteiger partial charge is 0.305 e. The van der Waals surface area contributed by atoms with E-state index < -0.39 is 18.3 Å². The molecule has 5 nitrogen and oxygen atoms in total. The van der Waals surface area contributed by atoms with Crippen LogP contribution in [0.2, 0.25) is 0 Å². The highest BCUT2D eigenvalue weighted by atomic mass is 16.5. The van der Waals surface area contributed by atoms with Gasteiger partial charge in [0.1, 0.15) is 0 Å². The van der Waals surface area contributed by atoms with Crippen molar-refractivity contribution in [2.75, 3.05) is 7.11 Å². The molecular formula is C28H38O5. The maximum atomic E-state index is 11.2. The van der Waals surface area contributed by atoms with Crippen molar-refractivity contribution in [3.8, 4) is 11.1 Å². The number of ether oxygens (including phenoxy) is 1. The van der Waals surface area contributed by atoms with Gasteiger partial charge in [0.15, 0.2) is 0 Å². The summed E-state index contributed by atoms with van der Waals surface area (Å²) in [5, 5.41) is 31.7. The third kappa shape index (κ3) is 7.39. The van der Waals surface area contributed by atoms with Gasteiger partial charge in [0.2, 0.25) is 0 Å². The van der Waals surface area contributed by atoms with Crippen LogP contribution in [0.25, 0.3) is 11.1 Å². The van der Waals surface area contributed by atoms with Crippen LogP contribution >= 0.6 is 0 Å². The van der Waals surface area contributed by atoms with Gasteiger partial charge < -0.3 is 20.1 Å². The lowest BCUT2D eigenvalue weighted by Crippen LogP contribution is -2.23. The number of carbonyl (C=O) groups excluding carboxylic acids is 1. The molecule has 2 aromatic carbocycles. The van der Waals surface area contributed by atoms with E-state index >= 15 is 0 Å². The second-order valence-corrected chi connectivity index (χ2v) is 9.31. The third-order valence-electron chi connectivity index (χ3n) is 7.09. The summed E-state index contributed by atoms with van der Waals surface area (Å²) >= 11 is 0. The SMILES string of the molecule is COC(=O)CCCCCC[C@@H]1[C@@H](CCC(O)c2ccc(-c3ccccc3)cc2)[C@H](O)C[C@@H]1O. The van der Waals surface area contributed by atoms with E-state index in [4.69, 9.17) is 0 Å². The van der Waals surface area contributed by atoms with E-state index in [-0.39, 0.29) is 17.8 Å². The van der Waals surface area contributed by atoms with E-state index in [2.05, 4.69) is 16.9 Å². The maximum absolute atomic E-state index is 11.2. The van der Waals surface area contributed by atoms with E-state index in [1.165, 1.54) is 7.11 Å². The lowest BCUT2D eigenvalue weighted by Gasteiger charge is -2.25. The summed E-state index contributed by atoms with van der Waals surface area (Å²) in [5.74, 6) is -0.0979. The Morgan fingerprint density at radius 2 is 1.48 bits per heavy atom. The molecule has 1 aliphatic rings. The fourth-order valence-corrected chi connectivity index (χ4v) is 5.13. The Kier molecular flexibility index (Phi) is 9.92. The van der Waals surface area contributed by atoms with Gasteiger partial charge in [-0.3, -0.25) is 4.79 Å². The van der Waals surface area contributed by atoms with E-state index in [0.29, 0.717) is 25.7 Å². The highest BCUT2D eigenvalue weighted by molar-refractivity contribution is 5.69. The highest BCUT2D eigenvalue weighted by Gasteiger charge is 2.40. The molecule has 5 heteroatoms. The average Bonchev–Trinajstić information content (AvgIpc) is 3.11. The first kappa shape index (κ1) is 25.4. The van der Waals surface area contributed by atoms with Crippen LogP contribution in [-0.4, -0.2) is 40.6 Å². The number of benzene rings is 2. The summed E-state index contributed by atoms with van der Waals surface area (Å²) in [6.07, 6.45) is 5.15. The maximum Gasteiger partial charge on any atom is 0.305 e. The largest absolute Gasteiger partial charge is 0.469 e. The highest BCUT2D eigenvalue weighted by Crippen LogP contribution is 2.40. The van der Waals surface area contributed by atoms with Gasteiger partial charge in [-0.15, -0.1) is 0 Å². The third-order valence-corrected chi connectivity index (χ3v) is 7.09. The van der Waals surface area contributed by atoms with Crippen molar-refractivity contribution in [1.29, 1.82) is 0 Å². The Labute approximate surface area is 197 Å². The quantitative estimate of drug-likeness (QED) is 0.309. The molecule has 0 saturated heterocycles. The molecule has 0 radical (unpaired) electrons. The van der Waals surface area contributed by atoms with Crippen molar-refractivity contribution >= 4 is 5.97 Å². The summed E-state index contributed by atoms with van der Waals surface area (Å²) in [4.78, 5) is 11.2. The zero-order chi connectivity index (χ0) is 23.6. The molecular weight excluding hydrogens is 416 g/mol. The average molecular weight is 455 g/mol. The van der Waals surface area contributed by atoms with E-state index in [1.807, 2.05) is 42.5 Å². The molecule has 33 heavy (non-hydrogen) atoms. The van der Waals surface area contributed by atoms with Crippen LogP contribution in [0.3, 0.4) is 0 Å². The van der Waals surface area contributed by atoms with Gasteiger partial charge in [-0.1, -0.05) is 73.9 Å². The molecule has 5 atom stereocenters. The summed E-state index contributed by atoms with van der Waals surface area (Å²) < 4.78 is 4.66. The first-order valence-corrected chi connectivity index (χ1v) is 12.3. The molecule has 3 rings (SSSR count). The predicted molar refractivity (Wildman–Crippen MR) is 129 cm³/mol. The van der Waals surface area contributed by atoms with E-state index in [1.54, 1.807) is 0 Å². The molecule has 1 fully saturated rings. The molecule has 0 bridgehead atoms. The summed E-state index contributed by atoms with van der Waals surface area (Å²) in [6, 6.07) is 18.2. The van der Waals surface area contributed by atoms with Crippen molar-refractivity contribution in [2.45, 2.75) is 76.1 Å². The molecule has 2 aromatic rings. The van der Waals surface area contributed by atoms with Crippen molar-refractivity contribution in [3.63, 3.8) is 0 Å². The Hall–Kier alpha value is -2.21. The van der Waals surface area contributed by atoms with Crippen molar-refractivity contribution in [1.82, 2.24) is 0 Å². The van der Waals surface area contributed by atoms with E-state index in [9.17, 15) is 20.1 Å². The molecule has 1 aliphatic carbocycles. The number of aliphatic hydroxyl groups excluding tert-OH is 3. The summed E-state index contributed by atoms with van der Waals surface area (Å²) in [5.41, 5.74) is 3.15. The van der Waals surface area contributed by atoms with Crippen molar-refractivity contribution in [3.05, 3.63) is 60.2 Å². The summed E-state index contributed by atoms with van der Waals surface area (Å²) in [6.45, 7) is 0. The van der Waals surface area contributed by atoms with E-state index in [0.717, 1.165) is 48.8 Å². The lowest BCUT2D eigenvalue weighted by molar-refractivity contribution is -0.140. The van der Waals surface area contributed by atoms with Crippen LogP contribution in [0.4, 0.5) is 0 Å². The zero-order valence-electron chi connectivity index (χ0n) is 19.6. The number of aliphatic hydroxyl groups is 3. The Balaban J connectivity index is 1.46. The monoisotopic (exact) mass is 454 g/mol. The van der Waals surface area contributed by atoms with Crippen molar-refractivity contribution < 1.29 is 24.9 Å². The number of unbranched alkanes of at least 4 members (excludes halogenated alkanes) is 3. The van der Waals surface area contributed by atoms with Crippen LogP contribution < -0.4 is 0 Å². The first-order chi connectivity index (χ1) is 16.0. The number of hydrogen-bond donors (Lipinski definition) is 3. The second kappa shape index (κ2) is 12.9. The van der Waals surface area contributed by atoms with Crippen molar-refractivity contribution in [2.24, 2.45) is 11.8 Å². The fourth-order valence-electron chi connectivity index (χ4n) is 5.13. The van der Waals surface area contributed by atoms with Gasteiger partial charge in [0, 0.05) is 6.42 Å². The lowest BCUT2D eigenvalue weighted by atomic mass is 9.84. The molecule has 0 aromatic heterocycles. The van der Waals surface area contributed by atoms with Crippen LogP contribution in [0.15, 0.2) is 54.6 Å². The van der Waals surface area contributed by atoms with Gasteiger partial charge in [-0.25, -0.2) is 0 Å². The minimum atomic E-state index is -0.585. The molecule has 0 spiro atoms. The number of rotatable bonds is 12. The topological polar surface area (TPSA) is 87.0 Å². The minimum absolute atomic E-state index is 0.00770. The minimum Gasteiger partial charge on any atom is -0.469 e. The fraction of sp³-hybridized carbons (Fsp3) is 0.536. The number of methoxy groups -OCH3 is 1. The molecule has 1 saturated carbocycles. The zero-order valence-corrected chi connectivity index (χ0v) is 19.6. The first-order valence-electron chi connectivity index (χ1n) is 12.3. The number of carbonyl (C=O) groups is 1. The second-order valence-electron chi connectivity index (χ2n) is 9.31. The van der Waals surface area contributed by atoms with Crippen LogP contribution in [-0.2, 0) is 9.53 Å². The van der Waals surface area contributed by atoms with Crippen LogP contribution in [0.1, 0.15) is 69.5 Å². The Morgan fingerprint density at radius 3 is 2.15 bits per heavy atom. The Bertz CT molecular complexity index is 835. The number of esters is 1. The van der Waals surface area contributed by atoms with Gasteiger partial charge in [-0.05, 0) is 60.6 Å². The number of hydrogen-bond acceptors (Lipinski definition) is 5. The predicted octanol–water partition coefficient (Wildman–Crippen LogP) is 5.04. The molecule has 1 unspecified atom stereocenters. The molecule has 180 valence electrons. The molecule has 0 heterocycles. The normalized spacial score (nSPS) is 23.4.